The third kappa shape index (κ3) is 4.54. The normalized spacial score (nSPS) is 11.3. The molecule has 0 amide bonds. The highest BCUT2D eigenvalue weighted by molar-refractivity contribution is 5.36. The summed E-state index contributed by atoms with van der Waals surface area (Å²) in [6.07, 6.45) is 3.77. The van der Waals surface area contributed by atoms with E-state index in [1.807, 2.05) is 6.08 Å². The number of hydrogen-bond acceptors (Lipinski definition) is 2. The highest BCUT2D eigenvalue weighted by Gasteiger charge is 2.34. The SMILES string of the molecule is C=CCNCCC(OCCC)(c1ccccc1)c1ccccc1. The number of rotatable bonds is 10. The highest BCUT2D eigenvalue weighted by atomic mass is 16.5. The van der Waals surface area contributed by atoms with Gasteiger partial charge < -0.3 is 10.1 Å². The Morgan fingerprint density at radius 1 is 1.00 bits per heavy atom. The molecule has 0 aromatic heterocycles. The molecular formula is C21H27NO. The highest BCUT2D eigenvalue weighted by Crippen LogP contribution is 2.37. The fourth-order valence-corrected chi connectivity index (χ4v) is 2.85. The van der Waals surface area contributed by atoms with E-state index in [0.29, 0.717) is 0 Å². The molecule has 0 unspecified atom stereocenters. The zero-order valence-electron chi connectivity index (χ0n) is 14.0. The van der Waals surface area contributed by atoms with E-state index < -0.39 is 5.60 Å². The average molecular weight is 309 g/mol. The van der Waals surface area contributed by atoms with Gasteiger partial charge in [-0.2, -0.15) is 0 Å². The third-order valence-electron chi connectivity index (χ3n) is 3.98. The Balaban J connectivity index is 2.38. The lowest BCUT2D eigenvalue weighted by atomic mass is 9.83. The first-order chi connectivity index (χ1) is 11.3. The van der Waals surface area contributed by atoms with Gasteiger partial charge in [0.25, 0.3) is 0 Å². The smallest absolute Gasteiger partial charge is 0.119 e. The van der Waals surface area contributed by atoms with E-state index >= 15 is 0 Å². The van der Waals surface area contributed by atoms with Crippen LogP contribution in [-0.2, 0) is 10.3 Å². The topological polar surface area (TPSA) is 21.3 Å². The van der Waals surface area contributed by atoms with Crippen LogP contribution in [0.1, 0.15) is 30.9 Å². The third-order valence-corrected chi connectivity index (χ3v) is 3.98. The molecule has 2 nitrogen and oxygen atoms in total. The second-order valence-electron chi connectivity index (χ2n) is 5.65. The minimum atomic E-state index is -0.410. The summed E-state index contributed by atoms with van der Waals surface area (Å²) in [7, 11) is 0. The Morgan fingerprint density at radius 3 is 2.04 bits per heavy atom. The van der Waals surface area contributed by atoms with E-state index in [0.717, 1.165) is 32.5 Å². The monoisotopic (exact) mass is 309 g/mol. The number of hydrogen-bond donors (Lipinski definition) is 1. The van der Waals surface area contributed by atoms with Crippen molar-refractivity contribution < 1.29 is 4.74 Å². The summed E-state index contributed by atoms with van der Waals surface area (Å²) in [5.41, 5.74) is 2.01. The quantitative estimate of drug-likeness (QED) is 0.514. The molecule has 122 valence electrons. The van der Waals surface area contributed by atoms with Gasteiger partial charge in [0, 0.05) is 13.2 Å². The molecule has 0 heterocycles. The fourth-order valence-electron chi connectivity index (χ4n) is 2.85. The summed E-state index contributed by atoms with van der Waals surface area (Å²) in [6.45, 7) is 8.35. The van der Waals surface area contributed by atoms with Crippen molar-refractivity contribution in [2.75, 3.05) is 19.7 Å². The minimum absolute atomic E-state index is 0.410. The van der Waals surface area contributed by atoms with Crippen LogP contribution in [0, 0.1) is 0 Å². The maximum Gasteiger partial charge on any atom is 0.119 e. The Kier molecular flexibility index (Phi) is 7.05. The van der Waals surface area contributed by atoms with Crippen molar-refractivity contribution in [3.8, 4) is 0 Å². The molecule has 0 radical (unpaired) electrons. The van der Waals surface area contributed by atoms with Crippen LogP contribution >= 0.6 is 0 Å². The van der Waals surface area contributed by atoms with E-state index in [4.69, 9.17) is 4.74 Å². The molecule has 0 bridgehead atoms. The summed E-state index contributed by atoms with van der Waals surface area (Å²) >= 11 is 0. The van der Waals surface area contributed by atoms with Crippen molar-refractivity contribution in [2.24, 2.45) is 0 Å². The van der Waals surface area contributed by atoms with Gasteiger partial charge in [-0.15, -0.1) is 6.58 Å². The lowest BCUT2D eigenvalue weighted by Gasteiger charge is -2.35. The Bertz CT molecular complexity index is 525. The van der Waals surface area contributed by atoms with Crippen LogP contribution in [0.3, 0.4) is 0 Å². The molecular weight excluding hydrogens is 282 g/mol. The largest absolute Gasteiger partial charge is 0.366 e. The fraction of sp³-hybridized carbons (Fsp3) is 0.333. The van der Waals surface area contributed by atoms with E-state index in [1.165, 1.54) is 11.1 Å². The number of ether oxygens (including phenoxy) is 1. The van der Waals surface area contributed by atoms with Gasteiger partial charge in [0.15, 0.2) is 0 Å². The second-order valence-corrected chi connectivity index (χ2v) is 5.65. The van der Waals surface area contributed by atoms with E-state index in [-0.39, 0.29) is 0 Å². The van der Waals surface area contributed by atoms with Crippen molar-refractivity contribution >= 4 is 0 Å². The summed E-state index contributed by atoms with van der Waals surface area (Å²) in [5.74, 6) is 0. The van der Waals surface area contributed by atoms with Crippen LogP contribution in [0.25, 0.3) is 0 Å². The summed E-state index contributed by atoms with van der Waals surface area (Å²) in [5, 5.41) is 3.41. The van der Waals surface area contributed by atoms with Gasteiger partial charge in [-0.1, -0.05) is 73.7 Å². The van der Waals surface area contributed by atoms with Crippen molar-refractivity contribution in [3.63, 3.8) is 0 Å². The molecule has 2 rings (SSSR count). The van der Waals surface area contributed by atoms with E-state index in [9.17, 15) is 0 Å². The molecule has 0 aliphatic heterocycles. The van der Waals surface area contributed by atoms with Crippen molar-refractivity contribution in [3.05, 3.63) is 84.4 Å². The van der Waals surface area contributed by atoms with Crippen LogP contribution in [-0.4, -0.2) is 19.7 Å². The van der Waals surface area contributed by atoms with Crippen molar-refractivity contribution in [2.45, 2.75) is 25.4 Å². The minimum Gasteiger partial charge on any atom is -0.366 e. The predicted molar refractivity (Wildman–Crippen MR) is 97.6 cm³/mol. The standard InChI is InChI=1S/C21H27NO/c1-3-16-22-17-15-21(23-18-4-2,19-11-7-5-8-12-19)20-13-9-6-10-14-20/h3,5-14,22H,1,4,15-18H2,2H3. The zero-order valence-corrected chi connectivity index (χ0v) is 14.0. The molecule has 23 heavy (non-hydrogen) atoms. The molecule has 0 atom stereocenters. The average Bonchev–Trinajstić information content (AvgIpc) is 2.63. The summed E-state index contributed by atoms with van der Waals surface area (Å²) < 4.78 is 6.47. The van der Waals surface area contributed by atoms with Gasteiger partial charge in [-0.3, -0.25) is 0 Å². The Hall–Kier alpha value is -1.90. The van der Waals surface area contributed by atoms with Gasteiger partial charge in [-0.25, -0.2) is 0 Å². The van der Waals surface area contributed by atoms with Gasteiger partial charge >= 0.3 is 0 Å². The van der Waals surface area contributed by atoms with Crippen LogP contribution in [0.5, 0.6) is 0 Å². The molecule has 2 heteroatoms. The van der Waals surface area contributed by atoms with Gasteiger partial charge in [0.2, 0.25) is 0 Å². The molecule has 2 aromatic carbocycles. The van der Waals surface area contributed by atoms with Crippen LogP contribution < -0.4 is 5.32 Å². The molecule has 0 spiro atoms. The maximum atomic E-state index is 6.47. The zero-order chi connectivity index (χ0) is 16.4. The Labute approximate surface area is 140 Å². The second kappa shape index (κ2) is 9.29. The predicted octanol–water partition coefficient (Wildman–Crippen LogP) is 4.52. The Morgan fingerprint density at radius 2 is 1.57 bits per heavy atom. The molecule has 1 N–H and O–H groups in total. The molecule has 0 aliphatic carbocycles. The van der Waals surface area contributed by atoms with Crippen LogP contribution in [0.2, 0.25) is 0 Å². The maximum absolute atomic E-state index is 6.47. The van der Waals surface area contributed by atoms with Gasteiger partial charge in [0.05, 0.1) is 0 Å². The molecule has 0 saturated heterocycles. The lowest BCUT2D eigenvalue weighted by Crippen LogP contribution is -2.35. The van der Waals surface area contributed by atoms with Crippen LogP contribution in [0.15, 0.2) is 73.3 Å². The number of nitrogens with one attached hydrogen (secondary N) is 1. The van der Waals surface area contributed by atoms with Gasteiger partial charge in [0.1, 0.15) is 5.60 Å². The molecule has 0 fully saturated rings. The molecule has 0 aliphatic rings. The summed E-state index contributed by atoms with van der Waals surface area (Å²) in [4.78, 5) is 0. The first kappa shape index (κ1) is 17.5. The number of benzene rings is 2. The van der Waals surface area contributed by atoms with E-state index in [2.05, 4.69) is 79.5 Å². The first-order valence-corrected chi connectivity index (χ1v) is 8.40. The van der Waals surface area contributed by atoms with Crippen molar-refractivity contribution in [1.82, 2.24) is 5.32 Å². The first-order valence-electron chi connectivity index (χ1n) is 8.40. The van der Waals surface area contributed by atoms with Gasteiger partial charge in [-0.05, 0) is 30.5 Å². The van der Waals surface area contributed by atoms with Crippen LogP contribution in [0.4, 0.5) is 0 Å². The van der Waals surface area contributed by atoms with Crippen molar-refractivity contribution in [1.29, 1.82) is 0 Å². The molecule has 2 aromatic rings. The summed E-state index contributed by atoms with van der Waals surface area (Å²) in [6, 6.07) is 21.1. The molecule has 0 saturated carbocycles. The van der Waals surface area contributed by atoms with E-state index in [1.54, 1.807) is 0 Å². The lowest BCUT2D eigenvalue weighted by molar-refractivity contribution is -0.0241.